The van der Waals surface area contributed by atoms with Gasteiger partial charge in [-0.2, -0.15) is 0 Å². The zero-order chi connectivity index (χ0) is 18.9. The Labute approximate surface area is 153 Å². The quantitative estimate of drug-likeness (QED) is 0.787. The predicted octanol–water partition coefficient (Wildman–Crippen LogP) is 3.41. The Morgan fingerprint density at radius 1 is 1.08 bits per heavy atom. The molecule has 1 aromatic heterocycles. The Morgan fingerprint density at radius 2 is 1.73 bits per heavy atom. The third-order valence-corrected chi connectivity index (χ3v) is 3.88. The molecule has 0 saturated heterocycles. The van der Waals surface area contributed by atoms with Gasteiger partial charge in [0.15, 0.2) is 0 Å². The van der Waals surface area contributed by atoms with Crippen LogP contribution in [-0.4, -0.2) is 34.8 Å². The Balaban J connectivity index is 2.05. The minimum absolute atomic E-state index is 0.165. The molecular formula is C20H24FN3O2. The van der Waals surface area contributed by atoms with E-state index in [1.165, 1.54) is 24.4 Å². The first kappa shape index (κ1) is 19.6. The van der Waals surface area contributed by atoms with Gasteiger partial charge in [0, 0.05) is 31.4 Å². The lowest BCUT2D eigenvalue weighted by atomic mass is 10.1. The van der Waals surface area contributed by atoms with Crippen molar-refractivity contribution in [1.29, 1.82) is 0 Å². The monoisotopic (exact) mass is 357 g/mol. The molecule has 2 amide bonds. The smallest absolute Gasteiger partial charge is 0.272 e. The van der Waals surface area contributed by atoms with Crippen LogP contribution in [0.4, 0.5) is 4.39 Å². The maximum atomic E-state index is 12.9. The molecule has 2 rings (SSSR count). The Morgan fingerprint density at radius 3 is 2.35 bits per heavy atom. The number of carbonyl (C=O) groups is 2. The summed E-state index contributed by atoms with van der Waals surface area (Å²) in [5, 5.41) is 2.77. The van der Waals surface area contributed by atoms with Crippen LogP contribution >= 0.6 is 0 Å². The summed E-state index contributed by atoms with van der Waals surface area (Å²) in [4.78, 5) is 30.8. The molecule has 0 aliphatic heterocycles. The molecule has 1 N–H and O–H groups in total. The van der Waals surface area contributed by atoms with E-state index in [1.54, 1.807) is 23.1 Å². The van der Waals surface area contributed by atoms with E-state index < -0.39 is 0 Å². The first-order chi connectivity index (χ1) is 12.5. The summed E-state index contributed by atoms with van der Waals surface area (Å²) in [5.74, 6) is -0.786. The molecule has 1 heterocycles. The van der Waals surface area contributed by atoms with Crippen molar-refractivity contribution in [2.24, 2.45) is 0 Å². The van der Waals surface area contributed by atoms with Crippen molar-refractivity contribution < 1.29 is 14.0 Å². The SMILES string of the molecule is CCCN(CCC)C(=O)c1cc(C(=O)NCc2ccc(F)cc2)ccn1. The van der Waals surface area contributed by atoms with Gasteiger partial charge in [0.2, 0.25) is 0 Å². The summed E-state index contributed by atoms with van der Waals surface area (Å²) >= 11 is 0. The fourth-order valence-corrected chi connectivity index (χ4v) is 2.59. The van der Waals surface area contributed by atoms with Crippen molar-refractivity contribution in [3.63, 3.8) is 0 Å². The van der Waals surface area contributed by atoms with Gasteiger partial charge in [0.25, 0.3) is 11.8 Å². The molecule has 1 aromatic carbocycles. The first-order valence-electron chi connectivity index (χ1n) is 8.83. The Hall–Kier alpha value is -2.76. The van der Waals surface area contributed by atoms with Crippen LogP contribution in [0.25, 0.3) is 0 Å². The molecule has 0 saturated carbocycles. The number of rotatable bonds is 8. The topological polar surface area (TPSA) is 62.3 Å². The third-order valence-electron chi connectivity index (χ3n) is 3.88. The summed E-state index contributed by atoms with van der Waals surface area (Å²) in [5.41, 5.74) is 1.43. The van der Waals surface area contributed by atoms with Gasteiger partial charge >= 0.3 is 0 Å². The second kappa shape index (κ2) is 9.65. The molecule has 0 radical (unpaired) electrons. The Bertz CT molecular complexity index is 741. The van der Waals surface area contributed by atoms with Crippen LogP contribution < -0.4 is 5.32 Å². The summed E-state index contributed by atoms with van der Waals surface area (Å²) in [6.45, 7) is 5.64. The summed E-state index contributed by atoms with van der Waals surface area (Å²) < 4.78 is 12.9. The maximum absolute atomic E-state index is 12.9. The van der Waals surface area contributed by atoms with Gasteiger partial charge in [-0.1, -0.05) is 26.0 Å². The molecule has 0 aliphatic rings. The third kappa shape index (κ3) is 5.37. The average molecular weight is 357 g/mol. The van der Waals surface area contributed by atoms with Crippen LogP contribution in [0.3, 0.4) is 0 Å². The highest BCUT2D eigenvalue weighted by molar-refractivity contribution is 5.98. The van der Waals surface area contributed by atoms with Crippen molar-refractivity contribution in [3.8, 4) is 0 Å². The maximum Gasteiger partial charge on any atom is 0.272 e. The lowest BCUT2D eigenvalue weighted by molar-refractivity contribution is 0.0749. The predicted molar refractivity (Wildman–Crippen MR) is 98.3 cm³/mol. The fraction of sp³-hybridized carbons (Fsp3) is 0.350. The number of nitrogens with one attached hydrogen (secondary N) is 1. The van der Waals surface area contributed by atoms with Gasteiger partial charge < -0.3 is 10.2 Å². The number of hydrogen-bond acceptors (Lipinski definition) is 3. The van der Waals surface area contributed by atoms with Crippen LogP contribution in [0.5, 0.6) is 0 Å². The summed E-state index contributed by atoms with van der Waals surface area (Å²) in [6, 6.07) is 9.01. The summed E-state index contributed by atoms with van der Waals surface area (Å²) in [7, 11) is 0. The minimum Gasteiger partial charge on any atom is -0.348 e. The van der Waals surface area contributed by atoms with Gasteiger partial charge in [-0.05, 0) is 42.7 Å². The second-order valence-corrected chi connectivity index (χ2v) is 6.03. The standard InChI is InChI=1S/C20H24FN3O2/c1-3-11-24(12-4-2)20(26)18-13-16(9-10-22-18)19(25)23-14-15-5-7-17(21)8-6-15/h5-10,13H,3-4,11-12,14H2,1-2H3,(H,23,25). The molecule has 2 aromatic rings. The van der Waals surface area contributed by atoms with Gasteiger partial charge in [0.1, 0.15) is 11.5 Å². The van der Waals surface area contributed by atoms with E-state index in [0.717, 1.165) is 18.4 Å². The van der Waals surface area contributed by atoms with Gasteiger partial charge in [0.05, 0.1) is 0 Å². The van der Waals surface area contributed by atoms with Crippen molar-refractivity contribution in [2.75, 3.05) is 13.1 Å². The van der Waals surface area contributed by atoms with E-state index >= 15 is 0 Å². The van der Waals surface area contributed by atoms with Crippen LogP contribution in [-0.2, 0) is 6.54 Å². The lowest BCUT2D eigenvalue weighted by Gasteiger charge is -2.21. The molecule has 138 valence electrons. The highest BCUT2D eigenvalue weighted by Gasteiger charge is 2.17. The normalized spacial score (nSPS) is 10.4. The Kier molecular flexibility index (Phi) is 7.26. The second-order valence-electron chi connectivity index (χ2n) is 6.03. The highest BCUT2D eigenvalue weighted by Crippen LogP contribution is 2.08. The molecule has 5 nitrogen and oxygen atoms in total. The van der Waals surface area contributed by atoms with E-state index in [2.05, 4.69) is 10.3 Å². The van der Waals surface area contributed by atoms with E-state index in [-0.39, 0.29) is 29.9 Å². The van der Waals surface area contributed by atoms with E-state index in [4.69, 9.17) is 0 Å². The van der Waals surface area contributed by atoms with Crippen molar-refractivity contribution in [2.45, 2.75) is 33.2 Å². The molecule has 0 fully saturated rings. The molecule has 0 atom stereocenters. The number of pyridine rings is 1. The highest BCUT2D eigenvalue weighted by atomic mass is 19.1. The van der Waals surface area contributed by atoms with Crippen molar-refractivity contribution in [1.82, 2.24) is 15.2 Å². The number of nitrogens with zero attached hydrogens (tertiary/aromatic N) is 2. The van der Waals surface area contributed by atoms with Crippen LogP contribution in [0.15, 0.2) is 42.6 Å². The van der Waals surface area contributed by atoms with Crippen molar-refractivity contribution >= 4 is 11.8 Å². The average Bonchev–Trinajstić information content (AvgIpc) is 2.66. The molecule has 0 spiro atoms. The van der Waals surface area contributed by atoms with E-state index in [1.807, 2.05) is 13.8 Å². The zero-order valence-corrected chi connectivity index (χ0v) is 15.2. The lowest BCUT2D eigenvalue weighted by Crippen LogP contribution is -2.33. The number of aromatic nitrogens is 1. The van der Waals surface area contributed by atoms with Gasteiger partial charge in [-0.25, -0.2) is 4.39 Å². The minimum atomic E-state index is -0.318. The van der Waals surface area contributed by atoms with Crippen molar-refractivity contribution in [3.05, 3.63) is 65.2 Å². The molecule has 0 bridgehead atoms. The molecular weight excluding hydrogens is 333 g/mol. The zero-order valence-electron chi connectivity index (χ0n) is 15.2. The molecule has 0 unspecified atom stereocenters. The van der Waals surface area contributed by atoms with Gasteiger partial charge in [-0.3, -0.25) is 14.6 Å². The molecule has 0 aliphatic carbocycles. The number of halogens is 1. The van der Waals surface area contributed by atoms with Crippen LogP contribution in [0.1, 0.15) is 53.1 Å². The van der Waals surface area contributed by atoms with Gasteiger partial charge in [-0.15, -0.1) is 0 Å². The van der Waals surface area contributed by atoms with Crippen LogP contribution in [0.2, 0.25) is 0 Å². The number of amides is 2. The molecule has 26 heavy (non-hydrogen) atoms. The largest absolute Gasteiger partial charge is 0.348 e. The van der Waals surface area contributed by atoms with E-state index in [9.17, 15) is 14.0 Å². The summed E-state index contributed by atoms with van der Waals surface area (Å²) in [6.07, 6.45) is 3.20. The first-order valence-corrected chi connectivity index (χ1v) is 8.83. The number of carbonyl (C=O) groups excluding carboxylic acids is 2. The number of benzene rings is 1. The van der Waals surface area contributed by atoms with Crippen LogP contribution in [0, 0.1) is 5.82 Å². The number of hydrogen-bond donors (Lipinski definition) is 1. The molecule has 6 heteroatoms. The fourth-order valence-electron chi connectivity index (χ4n) is 2.59. The van der Waals surface area contributed by atoms with E-state index in [0.29, 0.717) is 18.7 Å².